The van der Waals surface area contributed by atoms with Crippen LogP contribution in [0.15, 0.2) is 53.4 Å². The molecule has 2 heterocycles. The van der Waals surface area contributed by atoms with Crippen molar-refractivity contribution in [2.24, 2.45) is 0 Å². The van der Waals surface area contributed by atoms with E-state index in [0.29, 0.717) is 17.9 Å². The van der Waals surface area contributed by atoms with Crippen molar-refractivity contribution in [3.8, 4) is 0 Å². The summed E-state index contributed by atoms with van der Waals surface area (Å²) in [4.78, 5) is 14.1. The lowest BCUT2D eigenvalue weighted by Crippen LogP contribution is -2.28. The van der Waals surface area contributed by atoms with Crippen molar-refractivity contribution in [2.75, 3.05) is 25.0 Å². The molecule has 1 atom stereocenters. The lowest BCUT2D eigenvalue weighted by Gasteiger charge is -2.16. The number of aryl methyl sites for hydroxylation is 1. The van der Waals surface area contributed by atoms with E-state index in [1.807, 2.05) is 6.07 Å². The van der Waals surface area contributed by atoms with E-state index in [0.717, 1.165) is 43.6 Å². The van der Waals surface area contributed by atoms with Gasteiger partial charge in [0, 0.05) is 12.2 Å². The predicted octanol–water partition coefficient (Wildman–Crippen LogP) is 3.05. The maximum Gasteiger partial charge on any atom is 0.228 e. The standard InChI is InChI=1S/C22H26N2O3S/c25-22-15-18-14-19(9-10-21(18)23-22)28(26,27)20-11-13-24(16-20)12-5-4-8-17-6-2-1-3-7-17/h1-3,6-7,9-10,14,20H,4-5,8,11-13,15-16H2,(H,23,25). The molecular formula is C22H26N2O3S. The summed E-state index contributed by atoms with van der Waals surface area (Å²) in [7, 11) is -3.36. The zero-order valence-electron chi connectivity index (χ0n) is 15.9. The molecule has 1 saturated heterocycles. The fourth-order valence-electron chi connectivity index (χ4n) is 4.14. The minimum absolute atomic E-state index is 0.0768. The van der Waals surface area contributed by atoms with Gasteiger partial charge in [0.15, 0.2) is 9.84 Å². The van der Waals surface area contributed by atoms with E-state index in [1.165, 1.54) is 5.56 Å². The van der Waals surface area contributed by atoms with Gasteiger partial charge in [-0.3, -0.25) is 4.79 Å². The summed E-state index contributed by atoms with van der Waals surface area (Å²) >= 11 is 0. The van der Waals surface area contributed by atoms with Gasteiger partial charge in [0.05, 0.1) is 16.6 Å². The molecule has 2 aromatic rings. The first-order valence-corrected chi connectivity index (χ1v) is 11.5. The van der Waals surface area contributed by atoms with Gasteiger partial charge in [0.1, 0.15) is 0 Å². The number of anilines is 1. The quantitative estimate of drug-likeness (QED) is 0.728. The Morgan fingerprint density at radius 2 is 1.89 bits per heavy atom. The summed E-state index contributed by atoms with van der Waals surface area (Å²) in [6, 6.07) is 15.5. The number of rotatable bonds is 7. The van der Waals surface area contributed by atoms with Crippen LogP contribution in [0.25, 0.3) is 0 Å². The maximum absolute atomic E-state index is 13.0. The van der Waals surface area contributed by atoms with Gasteiger partial charge in [0.25, 0.3) is 0 Å². The highest BCUT2D eigenvalue weighted by atomic mass is 32.2. The number of benzene rings is 2. The van der Waals surface area contributed by atoms with Crippen LogP contribution in [0, 0.1) is 0 Å². The van der Waals surface area contributed by atoms with Gasteiger partial charge in [-0.05, 0) is 68.1 Å². The number of amides is 1. The van der Waals surface area contributed by atoms with Gasteiger partial charge >= 0.3 is 0 Å². The monoisotopic (exact) mass is 398 g/mol. The van der Waals surface area contributed by atoms with Crippen molar-refractivity contribution in [1.82, 2.24) is 4.90 Å². The van der Waals surface area contributed by atoms with Gasteiger partial charge in [-0.1, -0.05) is 30.3 Å². The number of hydrogen-bond acceptors (Lipinski definition) is 4. The molecule has 1 fully saturated rings. The number of nitrogens with one attached hydrogen (secondary N) is 1. The zero-order chi connectivity index (χ0) is 19.6. The number of nitrogens with zero attached hydrogens (tertiary/aromatic N) is 1. The molecule has 1 amide bonds. The Kier molecular flexibility index (Phi) is 5.51. The van der Waals surface area contributed by atoms with Crippen LogP contribution in [-0.2, 0) is 27.5 Å². The Morgan fingerprint density at radius 3 is 2.71 bits per heavy atom. The Morgan fingerprint density at radius 1 is 1.07 bits per heavy atom. The first kappa shape index (κ1) is 19.2. The first-order chi connectivity index (χ1) is 13.5. The number of sulfone groups is 1. The van der Waals surface area contributed by atoms with Gasteiger partial charge in [0.2, 0.25) is 5.91 Å². The van der Waals surface area contributed by atoms with E-state index in [1.54, 1.807) is 18.2 Å². The maximum atomic E-state index is 13.0. The number of hydrogen-bond donors (Lipinski definition) is 1. The van der Waals surface area contributed by atoms with Gasteiger partial charge in [-0.2, -0.15) is 0 Å². The second-order valence-corrected chi connectivity index (χ2v) is 9.97. The van der Waals surface area contributed by atoms with Gasteiger partial charge in [-0.15, -0.1) is 0 Å². The van der Waals surface area contributed by atoms with E-state index in [9.17, 15) is 13.2 Å². The van der Waals surface area contributed by atoms with Crippen LogP contribution in [-0.4, -0.2) is 44.1 Å². The topological polar surface area (TPSA) is 66.5 Å². The predicted molar refractivity (Wildman–Crippen MR) is 110 cm³/mol. The number of likely N-dealkylation sites (tertiary alicyclic amines) is 1. The zero-order valence-corrected chi connectivity index (χ0v) is 16.7. The third-order valence-corrected chi connectivity index (χ3v) is 7.90. The third kappa shape index (κ3) is 4.13. The summed E-state index contributed by atoms with van der Waals surface area (Å²) in [5, 5.41) is 2.39. The molecule has 148 valence electrons. The van der Waals surface area contributed by atoms with Crippen molar-refractivity contribution in [3.63, 3.8) is 0 Å². The molecule has 0 radical (unpaired) electrons. The van der Waals surface area contributed by atoms with Crippen molar-refractivity contribution >= 4 is 21.4 Å². The smallest absolute Gasteiger partial charge is 0.228 e. The summed E-state index contributed by atoms with van der Waals surface area (Å²) in [5.74, 6) is -0.0768. The molecule has 1 unspecified atom stereocenters. The Labute approximate surface area is 166 Å². The molecule has 2 aliphatic heterocycles. The summed E-state index contributed by atoms with van der Waals surface area (Å²) in [5.41, 5.74) is 2.87. The number of fused-ring (bicyclic) bond motifs is 1. The molecule has 0 spiro atoms. The van der Waals surface area contributed by atoms with Crippen LogP contribution >= 0.6 is 0 Å². The highest BCUT2D eigenvalue weighted by Crippen LogP contribution is 2.30. The molecular weight excluding hydrogens is 372 g/mol. The first-order valence-electron chi connectivity index (χ1n) is 9.95. The van der Waals surface area contributed by atoms with Crippen LogP contribution in [0.5, 0.6) is 0 Å². The second-order valence-electron chi connectivity index (χ2n) is 7.74. The molecule has 5 nitrogen and oxygen atoms in total. The van der Waals surface area contributed by atoms with Crippen molar-refractivity contribution < 1.29 is 13.2 Å². The third-order valence-electron chi connectivity index (χ3n) is 5.73. The van der Waals surface area contributed by atoms with Crippen molar-refractivity contribution in [1.29, 1.82) is 0 Å². The summed E-state index contributed by atoms with van der Waals surface area (Å²) in [6.07, 6.45) is 4.20. The Balaban J connectivity index is 1.31. The average molecular weight is 399 g/mol. The van der Waals surface area contributed by atoms with Crippen LogP contribution < -0.4 is 5.32 Å². The molecule has 0 aliphatic carbocycles. The van der Waals surface area contributed by atoms with E-state index in [4.69, 9.17) is 0 Å². The highest BCUT2D eigenvalue weighted by Gasteiger charge is 2.34. The van der Waals surface area contributed by atoms with E-state index >= 15 is 0 Å². The highest BCUT2D eigenvalue weighted by molar-refractivity contribution is 7.92. The molecule has 0 bridgehead atoms. The molecule has 28 heavy (non-hydrogen) atoms. The fraction of sp³-hybridized carbons (Fsp3) is 0.409. The Bertz CT molecular complexity index is 957. The lowest BCUT2D eigenvalue weighted by molar-refractivity contribution is -0.115. The summed E-state index contributed by atoms with van der Waals surface area (Å²) in [6.45, 7) is 2.38. The summed E-state index contributed by atoms with van der Waals surface area (Å²) < 4.78 is 26.1. The molecule has 0 aromatic heterocycles. The van der Waals surface area contributed by atoms with Crippen LogP contribution in [0.4, 0.5) is 5.69 Å². The molecule has 2 aliphatic rings. The van der Waals surface area contributed by atoms with E-state index in [2.05, 4.69) is 34.5 Å². The minimum Gasteiger partial charge on any atom is -0.326 e. The molecule has 4 rings (SSSR count). The fourth-order valence-corrected chi connectivity index (χ4v) is 5.91. The SMILES string of the molecule is O=C1Cc2cc(S(=O)(=O)C3CCN(CCCCc4ccccc4)C3)ccc2N1. The van der Waals surface area contributed by atoms with Crippen LogP contribution in [0.2, 0.25) is 0 Å². The molecule has 0 saturated carbocycles. The van der Waals surface area contributed by atoms with Crippen LogP contribution in [0.3, 0.4) is 0 Å². The largest absolute Gasteiger partial charge is 0.326 e. The molecule has 6 heteroatoms. The van der Waals surface area contributed by atoms with Crippen molar-refractivity contribution in [2.45, 2.75) is 42.2 Å². The second kappa shape index (κ2) is 8.05. The normalized spacial score (nSPS) is 19.6. The van der Waals surface area contributed by atoms with E-state index < -0.39 is 9.84 Å². The Hall–Kier alpha value is -2.18. The minimum atomic E-state index is -3.36. The average Bonchev–Trinajstić information content (AvgIpc) is 3.31. The van der Waals surface area contributed by atoms with E-state index in [-0.39, 0.29) is 17.6 Å². The lowest BCUT2D eigenvalue weighted by atomic mass is 10.1. The number of unbranched alkanes of at least 4 members (excludes halogenated alkanes) is 1. The molecule has 1 N–H and O–H groups in total. The number of carbonyl (C=O) groups excluding carboxylic acids is 1. The van der Waals surface area contributed by atoms with Crippen molar-refractivity contribution in [3.05, 3.63) is 59.7 Å². The number of carbonyl (C=O) groups is 1. The van der Waals surface area contributed by atoms with Gasteiger partial charge < -0.3 is 10.2 Å². The molecule has 2 aromatic carbocycles. The van der Waals surface area contributed by atoms with Crippen LogP contribution in [0.1, 0.15) is 30.4 Å². The van der Waals surface area contributed by atoms with Gasteiger partial charge in [-0.25, -0.2) is 8.42 Å².